The predicted molar refractivity (Wildman–Crippen MR) is 85.4 cm³/mol. The summed E-state index contributed by atoms with van der Waals surface area (Å²) in [6.45, 7) is 0. The minimum absolute atomic E-state index is 0.0185. The Labute approximate surface area is 128 Å². The highest BCUT2D eigenvalue weighted by atomic mass is 16.5. The van der Waals surface area contributed by atoms with Gasteiger partial charge in [0.1, 0.15) is 5.75 Å². The molecule has 1 atom stereocenters. The van der Waals surface area contributed by atoms with Crippen LogP contribution in [0.25, 0.3) is 10.9 Å². The van der Waals surface area contributed by atoms with E-state index in [2.05, 4.69) is 4.98 Å². The van der Waals surface area contributed by atoms with Gasteiger partial charge in [-0.25, -0.2) is 0 Å². The Morgan fingerprint density at radius 2 is 1.95 bits per heavy atom. The number of carboxylic acid groups (broad SMARTS) is 1. The van der Waals surface area contributed by atoms with Gasteiger partial charge in [0.2, 0.25) is 0 Å². The van der Waals surface area contributed by atoms with Gasteiger partial charge in [-0.3, -0.25) is 4.79 Å². The lowest BCUT2D eigenvalue weighted by atomic mass is 9.86. The van der Waals surface area contributed by atoms with Crippen molar-refractivity contribution in [3.8, 4) is 5.75 Å². The molecular weight excluding hydrogens is 278 g/mol. The minimum Gasteiger partial charge on any atom is -0.496 e. The van der Waals surface area contributed by atoms with Crippen molar-refractivity contribution in [1.29, 1.82) is 0 Å². The molecule has 1 aromatic heterocycles. The third-order valence-electron chi connectivity index (χ3n) is 3.89. The second kappa shape index (κ2) is 5.93. The standard InChI is InChI=1S/C18H17NO3/c1-22-16-8-7-15-13(9-10-19-15)18(16)14(11-17(20)21)12-5-3-2-4-6-12/h2-10,14,19H,11H2,1H3,(H,20,21). The van der Waals surface area contributed by atoms with Crippen molar-refractivity contribution < 1.29 is 14.6 Å². The summed E-state index contributed by atoms with van der Waals surface area (Å²) in [6.07, 6.45) is 1.88. The van der Waals surface area contributed by atoms with E-state index in [1.54, 1.807) is 7.11 Å². The van der Waals surface area contributed by atoms with E-state index in [9.17, 15) is 9.90 Å². The van der Waals surface area contributed by atoms with Gasteiger partial charge in [-0.15, -0.1) is 0 Å². The Morgan fingerprint density at radius 1 is 1.18 bits per heavy atom. The zero-order valence-electron chi connectivity index (χ0n) is 12.2. The van der Waals surface area contributed by atoms with Gasteiger partial charge >= 0.3 is 5.97 Å². The highest BCUT2D eigenvalue weighted by Gasteiger charge is 2.24. The monoisotopic (exact) mass is 295 g/mol. The maximum absolute atomic E-state index is 11.4. The molecule has 0 saturated carbocycles. The Bertz CT molecular complexity index is 792. The van der Waals surface area contributed by atoms with Crippen molar-refractivity contribution in [1.82, 2.24) is 4.98 Å². The van der Waals surface area contributed by atoms with Crippen LogP contribution in [0.15, 0.2) is 54.7 Å². The number of H-pyrrole nitrogens is 1. The summed E-state index contributed by atoms with van der Waals surface area (Å²) in [4.78, 5) is 14.5. The molecule has 4 heteroatoms. The van der Waals surface area contributed by atoms with Gasteiger partial charge in [-0.1, -0.05) is 30.3 Å². The van der Waals surface area contributed by atoms with Crippen LogP contribution in [0.4, 0.5) is 0 Å². The number of fused-ring (bicyclic) bond motifs is 1. The molecule has 22 heavy (non-hydrogen) atoms. The van der Waals surface area contributed by atoms with Gasteiger partial charge in [0.05, 0.1) is 13.5 Å². The van der Waals surface area contributed by atoms with Gasteiger partial charge in [0.15, 0.2) is 0 Å². The molecule has 0 spiro atoms. The van der Waals surface area contributed by atoms with Gasteiger partial charge in [0.25, 0.3) is 0 Å². The molecule has 0 aliphatic carbocycles. The van der Waals surface area contributed by atoms with E-state index < -0.39 is 5.97 Å². The van der Waals surface area contributed by atoms with Crippen LogP contribution in [-0.2, 0) is 4.79 Å². The van der Waals surface area contributed by atoms with Crippen LogP contribution in [0, 0.1) is 0 Å². The number of methoxy groups -OCH3 is 1. The van der Waals surface area contributed by atoms with E-state index in [4.69, 9.17) is 4.74 Å². The molecule has 0 radical (unpaired) electrons. The van der Waals surface area contributed by atoms with Gasteiger partial charge < -0.3 is 14.8 Å². The number of aromatic nitrogens is 1. The number of aliphatic carboxylic acids is 1. The maximum atomic E-state index is 11.4. The molecule has 1 unspecified atom stereocenters. The molecule has 1 heterocycles. The normalized spacial score (nSPS) is 12.2. The Balaban J connectivity index is 2.23. The van der Waals surface area contributed by atoms with Crippen molar-refractivity contribution in [2.24, 2.45) is 0 Å². The van der Waals surface area contributed by atoms with Gasteiger partial charge in [0, 0.05) is 28.6 Å². The lowest BCUT2D eigenvalue weighted by Crippen LogP contribution is -2.09. The molecule has 2 aromatic carbocycles. The van der Waals surface area contributed by atoms with Crippen LogP contribution >= 0.6 is 0 Å². The first kappa shape index (κ1) is 14.2. The number of rotatable bonds is 5. The molecular formula is C18H17NO3. The summed E-state index contributed by atoms with van der Waals surface area (Å²) in [5, 5.41) is 10.3. The lowest BCUT2D eigenvalue weighted by Gasteiger charge is -2.20. The predicted octanol–water partition coefficient (Wildman–Crippen LogP) is 3.78. The summed E-state index contributed by atoms with van der Waals surface area (Å²) in [5.74, 6) is -0.376. The van der Waals surface area contributed by atoms with Crippen LogP contribution in [0.2, 0.25) is 0 Å². The molecule has 112 valence electrons. The fourth-order valence-electron chi connectivity index (χ4n) is 2.92. The average molecular weight is 295 g/mol. The zero-order chi connectivity index (χ0) is 15.5. The van der Waals surface area contributed by atoms with E-state index in [0.717, 1.165) is 22.0 Å². The summed E-state index contributed by atoms with van der Waals surface area (Å²) in [6, 6.07) is 15.5. The molecule has 0 aliphatic heterocycles. The number of hydrogen-bond donors (Lipinski definition) is 2. The number of ether oxygens (including phenoxy) is 1. The molecule has 2 N–H and O–H groups in total. The zero-order valence-corrected chi connectivity index (χ0v) is 12.2. The van der Waals surface area contributed by atoms with Crippen molar-refractivity contribution in [3.05, 3.63) is 65.9 Å². The first-order valence-corrected chi connectivity index (χ1v) is 7.11. The van der Waals surface area contributed by atoms with Crippen molar-refractivity contribution in [2.45, 2.75) is 12.3 Å². The number of carboxylic acids is 1. The quantitative estimate of drug-likeness (QED) is 0.753. The number of benzene rings is 2. The van der Waals surface area contributed by atoms with E-state index >= 15 is 0 Å². The van der Waals surface area contributed by atoms with Crippen LogP contribution < -0.4 is 4.74 Å². The van der Waals surface area contributed by atoms with Crippen molar-refractivity contribution >= 4 is 16.9 Å². The Morgan fingerprint density at radius 3 is 2.64 bits per heavy atom. The number of hydrogen-bond acceptors (Lipinski definition) is 2. The fraction of sp³-hybridized carbons (Fsp3) is 0.167. The van der Waals surface area contributed by atoms with Crippen molar-refractivity contribution in [3.63, 3.8) is 0 Å². The first-order chi connectivity index (χ1) is 10.7. The number of nitrogens with one attached hydrogen (secondary N) is 1. The maximum Gasteiger partial charge on any atom is 0.304 e. The summed E-state index contributed by atoms with van der Waals surface area (Å²) in [5.41, 5.74) is 2.86. The Kier molecular flexibility index (Phi) is 3.83. The van der Waals surface area contributed by atoms with E-state index in [1.165, 1.54) is 0 Å². The number of carbonyl (C=O) groups is 1. The molecule has 4 nitrogen and oxygen atoms in total. The summed E-state index contributed by atoms with van der Waals surface area (Å²) >= 11 is 0. The topological polar surface area (TPSA) is 62.3 Å². The molecule has 0 fully saturated rings. The molecule has 0 amide bonds. The highest BCUT2D eigenvalue weighted by Crippen LogP contribution is 2.39. The fourth-order valence-corrected chi connectivity index (χ4v) is 2.92. The molecule has 3 aromatic rings. The van der Waals surface area contributed by atoms with Gasteiger partial charge in [-0.05, 0) is 23.8 Å². The number of aromatic amines is 1. The van der Waals surface area contributed by atoms with Crippen LogP contribution in [0.1, 0.15) is 23.5 Å². The van der Waals surface area contributed by atoms with Crippen LogP contribution in [0.3, 0.4) is 0 Å². The van der Waals surface area contributed by atoms with Gasteiger partial charge in [-0.2, -0.15) is 0 Å². The second-order valence-corrected chi connectivity index (χ2v) is 5.18. The smallest absolute Gasteiger partial charge is 0.304 e. The van der Waals surface area contributed by atoms with Crippen LogP contribution in [-0.4, -0.2) is 23.2 Å². The van der Waals surface area contributed by atoms with E-state index in [1.807, 2.05) is 54.7 Å². The molecule has 0 bridgehead atoms. The highest BCUT2D eigenvalue weighted by molar-refractivity contribution is 5.87. The third kappa shape index (κ3) is 2.55. The molecule has 0 saturated heterocycles. The van der Waals surface area contributed by atoms with E-state index in [0.29, 0.717) is 5.75 Å². The first-order valence-electron chi connectivity index (χ1n) is 7.11. The Hall–Kier alpha value is -2.75. The van der Waals surface area contributed by atoms with E-state index in [-0.39, 0.29) is 12.3 Å². The summed E-state index contributed by atoms with van der Waals surface area (Å²) in [7, 11) is 1.61. The SMILES string of the molecule is COc1ccc2[nH]ccc2c1C(CC(=O)O)c1ccccc1. The van der Waals surface area contributed by atoms with Crippen molar-refractivity contribution in [2.75, 3.05) is 7.11 Å². The molecule has 0 aliphatic rings. The minimum atomic E-state index is -0.830. The summed E-state index contributed by atoms with van der Waals surface area (Å²) < 4.78 is 5.50. The lowest BCUT2D eigenvalue weighted by molar-refractivity contribution is -0.137. The third-order valence-corrected chi connectivity index (χ3v) is 3.89. The largest absolute Gasteiger partial charge is 0.496 e. The second-order valence-electron chi connectivity index (χ2n) is 5.18. The van der Waals surface area contributed by atoms with Crippen LogP contribution in [0.5, 0.6) is 5.75 Å². The average Bonchev–Trinajstić information content (AvgIpc) is 3.01. The molecule has 3 rings (SSSR count).